The number of hydrogen-bond donors (Lipinski definition) is 0. The van der Waals surface area contributed by atoms with E-state index in [9.17, 15) is 9.59 Å². The molecule has 3 nitrogen and oxygen atoms in total. The van der Waals surface area contributed by atoms with Crippen LogP contribution in [0.3, 0.4) is 0 Å². The maximum absolute atomic E-state index is 13.2. The van der Waals surface area contributed by atoms with Gasteiger partial charge in [-0.1, -0.05) is 85.5 Å². The Balaban J connectivity index is 1.83. The molecule has 0 saturated heterocycles. The highest BCUT2D eigenvalue weighted by atomic mass is 16.5. The van der Waals surface area contributed by atoms with Gasteiger partial charge in [-0.25, -0.2) is 0 Å². The molecule has 0 unspecified atom stereocenters. The number of carbonyl (C=O) groups excluding carboxylic acids is 2. The summed E-state index contributed by atoms with van der Waals surface area (Å²) in [5.41, 5.74) is 1.71. The third-order valence-corrected chi connectivity index (χ3v) is 5.35. The number of cyclic esters (lactones) is 1. The molecule has 0 saturated carbocycles. The van der Waals surface area contributed by atoms with E-state index in [1.807, 2.05) is 78.9 Å². The van der Waals surface area contributed by atoms with Crippen LogP contribution in [-0.4, -0.2) is 11.8 Å². The first-order chi connectivity index (χ1) is 13.5. The third kappa shape index (κ3) is 2.76. The molecular weight excluding hydrogens is 348 g/mol. The molecule has 1 spiro atoms. The van der Waals surface area contributed by atoms with Gasteiger partial charge in [0.1, 0.15) is 5.76 Å². The summed E-state index contributed by atoms with van der Waals surface area (Å²) in [5.74, 6) is -0.982. The van der Waals surface area contributed by atoms with Gasteiger partial charge < -0.3 is 4.74 Å². The second kappa shape index (κ2) is 6.93. The van der Waals surface area contributed by atoms with Gasteiger partial charge in [0.25, 0.3) is 0 Å². The molecule has 3 heteroatoms. The molecule has 1 aliphatic heterocycles. The van der Waals surface area contributed by atoms with Gasteiger partial charge in [0, 0.05) is 12.0 Å². The summed E-state index contributed by atoms with van der Waals surface area (Å²) in [6.45, 7) is 5.77. The van der Waals surface area contributed by atoms with Gasteiger partial charge in [-0.3, -0.25) is 9.59 Å². The summed E-state index contributed by atoms with van der Waals surface area (Å²) in [5, 5.41) is 0. The zero-order chi connectivity index (χ0) is 19.7. The monoisotopic (exact) mass is 368 g/mol. The van der Waals surface area contributed by atoms with Crippen molar-refractivity contribution in [1.29, 1.82) is 0 Å². The zero-order valence-electron chi connectivity index (χ0n) is 15.6. The first-order valence-corrected chi connectivity index (χ1v) is 9.18. The molecule has 0 radical (unpaired) electrons. The number of esters is 1. The smallest absolute Gasteiger partial charge is 0.330 e. The van der Waals surface area contributed by atoms with Crippen LogP contribution in [-0.2, 0) is 14.3 Å². The summed E-state index contributed by atoms with van der Waals surface area (Å²) < 4.78 is 5.41. The van der Waals surface area contributed by atoms with E-state index in [1.54, 1.807) is 6.92 Å². The Bertz CT molecular complexity index is 1040. The van der Waals surface area contributed by atoms with Gasteiger partial charge in [-0.05, 0) is 29.2 Å². The molecule has 0 amide bonds. The van der Waals surface area contributed by atoms with Gasteiger partial charge >= 0.3 is 5.97 Å². The van der Waals surface area contributed by atoms with E-state index in [2.05, 4.69) is 6.58 Å². The first kappa shape index (κ1) is 17.9. The standard InChI is InChI=1S/C25H20O3/c1-17-15-23(26)25(24(27)28-17)18(2)21(14-13-19-9-5-3-6-10-19)16-22(25)20-11-7-4-8-12-20/h3-16,22H,2H2,1H3/b14-13+/t22-,25-/m0/s1. The fourth-order valence-corrected chi connectivity index (χ4v) is 3.94. The fourth-order valence-electron chi connectivity index (χ4n) is 3.94. The van der Waals surface area contributed by atoms with Gasteiger partial charge in [0.15, 0.2) is 11.2 Å². The molecule has 2 atom stereocenters. The largest absolute Gasteiger partial charge is 0.430 e. The Morgan fingerprint density at radius 1 is 0.964 bits per heavy atom. The minimum Gasteiger partial charge on any atom is -0.430 e. The van der Waals surface area contributed by atoms with Crippen molar-refractivity contribution in [1.82, 2.24) is 0 Å². The van der Waals surface area contributed by atoms with Crippen LogP contribution in [0.15, 0.2) is 102 Å². The van der Waals surface area contributed by atoms with Crippen LogP contribution in [0.5, 0.6) is 0 Å². The maximum Gasteiger partial charge on any atom is 0.330 e. The lowest BCUT2D eigenvalue weighted by Crippen LogP contribution is -2.46. The van der Waals surface area contributed by atoms with Crippen LogP contribution >= 0.6 is 0 Å². The predicted molar refractivity (Wildman–Crippen MR) is 109 cm³/mol. The highest BCUT2D eigenvalue weighted by Gasteiger charge is 2.59. The Hall–Kier alpha value is -3.46. The molecule has 2 aromatic carbocycles. The number of hydrogen-bond acceptors (Lipinski definition) is 3. The summed E-state index contributed by atoms with van der Waals surface area (Å²) in [6, 6.07) is 19.4. The molecule has 138 valence electrons. The van der Waals surface area contributed by atoms with Crippen LogP contribution in [0.2, 0.25) is 0 Å². The number of ether oxygens (including phenoxy) is 1. The number of allylic oxidation sites excluding steroid dienone is 5. The van der Waals surface area contributed by atoms with Gasteiger partial charge in [-0.15, -0.1) is 0 Å². The highest BCUT2D eigenvalue weighted by molar-refractivity contribution is 6.17. The predicted octanol–water partition coefficient (Wildman–Crippen LogP) is 5.00. The minimum atomic E-state index is -1.45. The molecule has 0 bridgehead atoms. The van der Waals surface area contributed by atoms with E-state index >= 15 is 0 Å². The van der Waals surface area contributed by atoms with E-state index in [-0.39, 0.29) is 5.78 Å². The average Bonchev–Trinajstić information content (AvgIpc) is 3.00. The SMILES string of the molecule is C=C1C(/C=C/c2ccccc2)=C[C@@H](c2ccccc2)[C@]12C(=O)C=C(C)OC2=O. The Labute approximate surface area is 164 Å². The van der Waals surface area contributed by atoms with E-state index < -0.39 is 17.3 Å². The van der Waals surface area contributed by atoms with Crippen molar-refractivity contribution >= 4 is 17.8 Å². The molecule has 2 aliphatic rings. The molecule has 2 aromatic rings. The number of ketones is 1. The number of rotatable bonds is 3. The van der Waals surface area contributed by atoms with Crippen molar-refractivity contribution in [2.45, 2.75) is 12.8 Å². The molecule has 1 heterocycles. The third-order valence-electron chi connectivity index (χ3n) is 5.35. The Morgan fingerprint density at radius 3 is 2.25 bits per heavy atom. The summed E-state index contributed by atoms with van der Waals surface area (Å²) in [7, 11) is 0. The minimum absolute atomic E-state index is 0.278. The Morgan fingerprint density at radius 2 is 1.61 bits per heavy atom. The zero-order valence-corrected chi connectivity index (χ0v) is 15.6. The topological polar surface area (TPSA) is 43.4 Å². The fraction of sp³-hybridized carbons (Fsp3) is 0.120. The highest BCUT2D eigenvalue weighted by Crippen LogP contribution is 2.54. The van der Waals surface area contributed by atoms with Crippen LogP contribution < -0.4 is 0 Å². The lowest BCUT2D eigenvalue weighted by molar-refractivity contribution is -0.155. The van der Waals surface area contributed by atoms with Crippen molar-refractivity contribution < 1.29 is 14.3 Å². The average molecular weight is 368 g/mol. The van der Waals surface area contributed by atoms with E-state index in [0.717, 1.165) is 16.7 Å². The second-order valence-corrected chi connectivity index (χ2v) is 7.05. The quantitative estimate of drug-likeness (QED) is 0.566. The van der Waals surface area contributed by atoms with Gasteiger partial charge in [-0.2, -0.15) is 0 Å². The van der Waals surface area contributed by atoms with Crippen molar-refractivity contribution in [2.75, 3.05) is 0 Å². The second-order valence-electron chi connectivity index (χ2n) is 7.05. The van der Waals surface area contributed by atoms with E-state index in [0.29, 0.717) is 11.3 Å². The van der Waals surface area contributed by atoms with Gasteiger partial charge in [0.2, 0.25) is 0 Å². The van der Waals surface area contributed by atoms with E-state index in [4.69, 9.17) is 4.74 Å². The van der Waals surface area contributed by atoms with Crippen LogP contribution in [0.1, 0.15) is 24.0 Å². The maximum atomic E-state index is 13.2. The molecule has 0 N–H and O–H groups in total. The lowest BCUT2D eigenvalue weighted by atomic mass is 9.67. The molecule has 4 rings (SSSR count). The van der Waals surface area contributed by atoms with Crippen molar-refractivity contribution in [2.24, 2.45) is 5.41 Å². The van der Waals surface area contributed by atoms with Crippen LogP contribution in [0, 0.1) is 5.41 Å². The lowest BCUT2D eigenvalue weighted by Gasteiger charge is -2.35. The van der Waals surface area contributed by atoms with Crippen molar-refractivity contribution in [3.05, 3.63) is 114 Å². The summed E-state index contributed by atoms with van der Waals surface area (Å²) in [6.07, 6.45) is 7.22. The van der Waals surface area contributed by atoms with Crippen LogP contribution in [0.4, 0.5) is 0 Å². The van der Waals surface area contributed by atoms with Crippen molar-refractivity contribution in [3.8, 4) is 0 Å². The van der Waals surface area contributed by atoms with Crippen molar-refractivity contribution in [3.63, 3.8) is 0 Å². The first-order valence-electron chi connectivity index (χ1n) is 9.18. The normalized spacial score (nSPS) is 24.5. The van der Waals surface area contributed by atoms with Gasteiger partial charge in [0.05, 0.1) is 0 Å². The van der Waals surface area contributed by atoms with Crippen LogP contribution in [0.25, 0.3) is 6.08 Å². The molecule has 0 fully saturated rings. The summed E-state index contributed by atoms with van der Waals surface area (Å²) >= 11 is 0. The number of carbonyl (C=O) groups is 2. The Kier molecular flexibility index (Phi) is 4.44. The molecule has 0 aromatic heterocycles. The molecule has 1 aliphatic carbocycles. The molecular formula is C25H20O3. The molecule has 28 heavy (non-hydrogen) atoms. The number of benzene rings is 2. The summed E-state index contributed by atoms with van der Waals surface area (Å²) in [4.78, 5) is 26.2. The van der Waals surface area contributed by atoms with E-state index in [1.165, 1.54) is 6.08 Å².